The number of hydrogen-bond acceptors (Lipinski definition) is 4. The Morgan fingerprint density at radius 2 is 2.35 bits per heavy atom. The minimum absolute atomic E-state index is 0.119. The zero-order chi connectivity index (χ0) is 12.3. The van der Waals surface area contributed by atoms with Gasteiger partial charge in [0.25, 0.3) is 5.91 Å². The molecule has 0 bridgehead atoms. The second kappa shape index (κ2) is 5.05. The van der Waals surface area contributed by atoms with E-state index in [1.165, 1.54) is 0 Å². The Morgan fingerprint density at radius 1 is 1.53 bits per heavy atom. The molecule has 1 saturated heterocycles. The lowest BCUT2D eigenvalue weighted by atomic mass is 10.1. The van der Waals surface area contributed by atoms with E-state index in [0.717, 1.165) is 18.7 Å². The summed E-state index contributed by atoms with van der Waals surface area (Å²) in [5, 5.41) is 5.91. The number of carbonyl (C=O) groups excluding carboxylic acids is 1. The Kier molecular flexibility index (Phi) is 3.49. The first-order valence-electron chi connectivity index (χ1n) is 5.66. The first-order chi connectivity index (χ1) is 8.20. The third-order valence-electron chi connectivity index (χ3n) is 2.80. The highest BCUT2D eigenvalue weighted by atomic mass is 16.5. The van der Waals surface area contributed by atoms with E-state index in [1.807, 2.05) is 0 Å². The summed E-state index contributed by atoms with van der Waals surface area (Å²) in [6, 6.07) is 5.48. The van der Waals surface area contributed by atoms with Gasteiger partial charge < -0.3 is 21.1 Å². The Balaban J connectivity index is 2.22. The molecule has 1 amide bonds. The first-order valence-corrected chi connectivity index (χ1v) is 5.66. The number of nitrogens with two attached hydrogens (primary N) is 1. The molecular formula is C12H17N3O2. The average Bonchev–Trinajstić information content (AvgIpc) is 2.81. The van der Waals surface area contributed by atoms with Crippen LogP contribution in [-0.2, 0) is 4.74 Å². The van der Waals surface area contributed by atoms with E-state index >= 15 is 0 Å². The molecule has 92 valence electrons. The molecule has 5 heteroatoms. The van der Waals surface area contributed by atoms with Crippen LogP contribution < -0.4 is 16.4 Å². The number of carbonyl (C=O) groups is 1. The molecule has 1 aliphatic rings. The molecule has 4 N–H and O–H groups in total. The lowest BCUT2D eigenvalue weighted by Crippen LogP contribution is -2.24. The molecule has 0 radical (unpaired) electrons. The predicted molar refractivity (Wildman–Crippen MR) is 67.1 cm³/mol. The van der Waals surface area contributed by atoms with Gasteiger partial charge in [-0.3, -0.25) is 4.79 Å². The van der Waals surface area contributed by atoms with Crippen molar-refractivity contribution in [2.45, 2.75) is 12.5 Å². The fourth-order valence-electron chi connectivity index (χ4n) is 1.88. The van der Waals surface area contributed by atoms with Gasteiger partial charge in [-0.15, -0.1) is 0 Å². The zero-order valence-electron chi connectivity index (χ0n) is 9.82. The summed E-state index contributed by atoms with van der Waals surface area (Å²) in [5.74, 6) is -0.119. The van der Waals surface area contributed by atoms with Crippen LogP contribution in [0.3, 0.4) is 0 Å². The molecule has 1 aliphatic heterocycles. The van der Waals surface area contributed by atoms with Crippen molar-refractivity contribution in [3.8, 4) is 0 Å². The van der Waals surface area contributed by atoms with Gasteiger partial charge in [0.1, 0.15) is 0 Å². The summed E-state index contributed by atoms with van der Waals surface area (Å²) in [6.07, 6.45) is 0.946. The summed E-state index contributed by atoms with van der Waals surface area (Å²) < 4.78 is 5.29. The van der Waals surface area contributed by atoms with E-state index in [-0.39, 0.29) is 11.9 Å². The molecule has 0 spiro atoms. The number of amides is 1. The molecular weight excluding hydrogens is 218 g/mol. The van der Waals surface area contributed by atoms with Crippen LogP contribution in [0.4, 0.5) is 11.4 Å². The van der Waals surface area contributed by atoms with Gasteiger partial charge in [0.2, 0.25) is 0 Å². The first kappa shape index (κ1) is 11.7. The third-order valence-corrected chi connectivity index (χ3v) is 2.80. The number of nitrogens with one attached hydrogen (secondary N) is 2. The Morgan fingerprint density at radius 3 is 3.00 bits per heavy atom. The van der Waals surface area contributed by atoms with Crippen molar-refractivity contribution in [3.05, 3.63) is 23.8 Å². The van der Waals surface area contributed by atoms with E-state index < -0.39 is 0 Å². The van der Waals surface area contributed by atoms with Crippen molar-refractivity contribution >= 4 is 17.3 Å². The number of rotatable bonds is 3. The van der Waals surface area contributed by atoms with Gasteiger partial charge in [0.15, 0.2) is 0 Å². The average molecular weight is 235 g/mol. The number of hydrogen-bond donors (Lipinski definition) is 3. The van der Waals surface area contributed by atoms with Crippen LogP contribution in [-0.4, -0.2) is 32.2 Å². The van der Waals surface area contributed by atoms with Gasteiger partial charge in [0.05, 0.1) is 18.2 Å². The Hall–Kier alpha value is -1.75. The molecule has 0 aliphatic carbocycles. The molecule has 0 saturated carbocycles. The topological polar surface area (TPSA) is 76.4 Å². The van der Waals surface area contributed by atoms with Crippen LogP contribution in [0.1, 0.15) is 16.8 Å². The standard InChI is InChI=1S/C12H17N3O2/c1-14-12(16)10-3-2-8(13)6-11(10)15-9-4-5-17-7-9/h2-3,6,9,15H,4-5,7,13H2,1H3,(H,14,16). The second-order valence-corrected chi connectivity index (χ2v) is 4.09. The van der Waals surface area contributed by atoms with E-state index in [2.05, 4.69) is 10.6 Å². The highest BCUT2D eigenvalue weighted by Crippen LogP contribution is 2.22. The molecule has 1 heterocycles. The van der Waals surface area contributed by atoms with Gasteiger partial charge in [0, 0.05) is 25.0 Å². The van der Waals surface area contributed by atoms with Crippen molar-refractivity contribution in [1.82, 2.24) is 5.32 Å². The maximum absolute atomic E-state index is 11.7. The molecule has 2 rings (SSSR count). The fourth-order valence-corrected chi connectivity index (χ4v) is 1.88. The molecule has 1 aromatic rings. The summed E-state index contributed by atoms with van der Waals surface area (Å²) in [4.78, 5) is 11.7. The highest BCUT2D eigenvalue weighted by molar-refractivity contribution is 6.00. The molecule has 1 fully saturated rings. The van der Waals surface area contributed by atoms with Crippen LogP contribution in [0.5, 0.6) is 0 Å². The summed E-state index contributed by atoms with van der Waals surface area (Å²) in [7, 11) is 1.61. The van der Waals surface area contributed by atoms with Gasteiger partial charge in [-0.25, -0.2) is 0 Å². The van der Waals surface area contributed by atoms with E-state index in [0.29, 0.717) is 17.9 Å². The largest absolute Gasteiger partial charge is 0.399 e. The molecule has 0 aromatic heterocycles. The van der Waals surface area contributed by atoms with Crippen molar-refractivity contribution in [1.29, 1.82) is 0 Å². The summed E-state index contributed by atoms with van der Waals surface area (Å²) in [6.45, 7) is 1.43. The quantitative estimate of drug-likeness (QED) is 0.678. The number of anilines is 2. The van der Waals surface area contributed by atoms with Crippen molar-refractivity contribution in [3.63, 3.8) is 0 Å². The monoisotopic (exact) mass is 235 g/mol. The van der Waals surface area contributed by atoms with Gasteiger partial charge in [-0.1, -0.05) is 0 Å². The number of nitrogen functional groups attached to an aromatic ring is 1. The lowest BCUT2D eigenvalue weighted by molar-refractivity contribution is 0.0964. The van der Waals surface area contributed by atoms with Crippen LogP contribution >= 0.6 is 0 Å². The normalized spacial score (nSPS) is 19.0. The maximum Gasteiger partial charge on any atom is 0.253 e. The van der Waals surface area contributed by atoms with E-state index in [9.17, 15) is 4.79 Å². The third kappa shape index (κ3) is 2.68. The van der Waals surface area contributed by atoms with Gasteiger partial charge >= 0.3 is 0 Å². The Bertz CT molecular complexity index is 414. The second-order valence-electron chi connectivity index (χ2n) is 4.09. The van der Waals surface area contributed by atoms with Crippen LogP contribution in [0.25, 0.3) is 0 Å². The molecule has 1 aromatic carbocycles. The van der Waals surface area contributed by atoms with Gasteiger partial charge in [-0.2, -0.15) is 0 Å². The minimum atomic E-state index is -0.119. The predicted octanol–water partition coefficient (Wildman–Crippen LogP) is 0.829. The molecule has 1 unspecified atom stereocenters. The Labute approximate surface area is 100 Å². The van der Waals surface area contributed by atoms with Gasteiger partial charge in [-0.05, 0) is 24.6 Å². The summed E-state index contributed by atoms with van der Waals surface area (Å²) in [5.41, 5.74) is 7.75. The summed E-state index contributed by atoms with van der Waals surface area (Å²) >= 11 is 0. The smallest absolute Gasteiger partial charge is 0.253 e. The van der Waals surface area contributed by atoms with Crippen molar-refractivity contribution < 1.29 is 9.53 Å². The highest BCUT2D eigenvalue weighted by Gasteiger charge is 2.18. The fraction of sp³-hybridized carbons (Fsp3) is 0.417. The van der Waals surface area contributed by atoms with E-state index in [4.69, 9.17) is 10.5 Å². The van der Waals surface area contributed by atoms with Crippen LogP contribution in [0.2, 0.25) is 0 Å². The van der Waals surface area contributed by atoms with Crippen molar-refractivity contribution in [2.24, 2.45) is 0 Å². The molecule has 5 nitrogen and oxygen atoms in total. The minimum Gasteiger partial charge on any atom is -0.399 e. The number of ether oxygens (including phenoxy) is 1. The SMILES string of the molecule is CNC(=O)c1ccc(N)cc1NC1CCOC1. The molecule has 1 atom stereocenters. The van der Waals surface area contributed by atoms with Crippen molar-refractivity contribution in [2.75, 3.05) is 31.3 Å². The molecule has 17 heavy (non-hydrogen) atoms. The van der Waals surface area contributed by atoms with Crippen LogP contribution in [0.15, 0.2) is 18.2 Å². The van der Waals surface area contributed by atoms with Crippen LogP contribution in [0, 0.1) is 0 Å². The number of benzene rings is 1. The zero-order valence-corrected chi connectivity index (χ0v) is 9.82. The lowest BCUT2D eigenvalue weighted by Gasteiger charge is -2.16. The van der Waals surface area contributed by atoms with E-state index in [1.54, 1.807) is 25.2 Å². The maximum atomic E-state index is 11.7.